The van der Waals surface area contributed by atoms with Gasteiger partial charge in [0.15, 0.2) is 0 Å². The molecule has 2 fully saturated rings. The number of rotatable bonds is 3. The lowest BCUT2D eigenvalue weighted by Gasteiger charge is -2.33. The van der Waals surface area contributed by atoms with Crippen molar-refractivity contribution in [2.75, 3.05) is 0 Å². The Morgan fingerprint density at radius 3 is 2.63 bits per heavy atom. The quantitative estimate of drug-likeness (QED) is 0.664. The van der Waals surface area contributed by atoms with Gasteiger partial charge in [-0.2, -0.15) is 0 Å². The number of hydrogen-bond donors (Lipinski definition) is 0. The van der Waals surface area contributed by atoms with E-state index in [2.05, 4.69) is 36.8 Å². The van der Waals surface area contributed by atoms with Crippen LogP contribution in [0.3, 0.4) is 0 Å². The molecule has 0 aliphatic heterocycles. The van der Waals surface area contributed by atoms with Crippen LogP contribution in [0.15, 0.2) is 24.3 Å². The maximum absolute atomic E-state index is 3.14. The van der Waals surface area contributed by atoms with E-state index in [0.717, 1.165) is 17.8 Å². The van der Waals surface area contributed by atoms with Crippen LogP contribution in [0.2, 0.25) is 0 Å². The Hall–Kier alpha value is -0.780. The van der Waals surface area contributed by atoms with Gasteiger partial charge in [-0.15, -0.1) is 0 Å². The van der Waals surface area contributed by atoms with Crippen molar-refractivity contribution in [3.63, 3.8) is 0 Å². The highest BCUT2D eigenvalue weighted by Gasteiger charge is 2.26. The molecule has 102 valence electrons. The average molecular weight is 254 g/mol. The summed E-state index contributed by atoms with van der Waals surface area (Å²) in [5, 5.41) is 0. The molecule has 2 radical (unpaired) electrons. The molecule has 2 saturated carbocycles. The first kappa shape index (κ1) is 13.2. The summed E-state index contributed by atoms with van der Waals surface area (Å²) in [5.74, 6) is 2.81. The molecule has 3 rings (SSSR count). The SMILES string of the molecule is [c]1ccc(C2CCCC(CC3C[CH]CCC3)C2)cc1. The molecule has 0 N–H and O–H groups in total. The van der Waals surface area contributed by atoms with E-state index in [9.17, 15) is 0 Å². The Kier molecular flexibility index (Phi) is 4.58. The second-order valence-corrected chi connectivity index (χ2v) is 6.62. The summed E-state index contributed by atoms with van der Waals surface area (Å²) in [7, 11) is 0. The van der Waals surface area contributed by atoms with Crippen molar-refractivity contribution >= 4 is 0 Å². The van der Waals surface area contributed by atoms with Gasteiger partial charge >= 0.3 is 0 Å². The summed E-state index contributed by atoms with van der Waals surface area (Å²) < 4.78 is 0. The van der Waals surface area contributed by atoms with Crippen LogP contribution in [0, 0.1) is 24.3 Å². The third-order valence-electron chi connectivity index (χ3n) is 5.19. The van der Waals surface area contributed by atoms with E-state index >= 15 is 0 Å². The molecule has 0 saturated heterocycles. The van der Waals surface area contributed by atoms with Gasteiger partial charge in [-0.1, -0.05) is 56.4 Å². The average Bonchev–Trinajstić information content (AvgIpc) is 2.49. The van der Waals surface area contributed by atoms with Crippen molar-refractivity contribution in [2.24, 2.45) is 11.8 Å². The van der Waals surface area contributed by atoms with Gasteiger partial charge in [0.25, 0.3) is 0 Å². The highest BCUT2D eigenvalue weighted by atomic mass is 14.3. The third-order valence-corrected chi connectivity index (χ3v) is 5.19. The molecule has 0 heterocycles. The summed E-state index contributed by atoms with van der Waals surface area (Å²) in [6, 6.07) is 11.9. The van der Waals surface area contributed by atoms with E-state index in [1.165, 1.54) is 57.8 Å². The minimum absolute atomic E-state index is 0.820. The monoisotopic (exact) mass is 254 g/mol. The predicted octanol–water partition coefficient (Wildman–Crippen LogP) is 5.55. The lowest BCUT2D eigenvalue weighted by Crippen LogP contribution is -2.19. The van der Waals surface area contributed by atoms with Crippen LogP contribution in [0.1, 0.15) is 69.3 Å². The van der Waals surface area contributed by atoms with Crippen molar-refractivity contribution < 1.29 is 0 Å². The second-order valence-electron chi connectivity index (χ2n) is 6.62. The van der Waals surface area contributed by atoms with Crippen molar-refractivity contribution in [1.82, 2.24) is 0 Å². The van der Waals surface area contributed by atoms with Crippen molar-refractivity contribution in [1.29, 1.82) is 0 Å². The molecule has 0 aromatic heterocycles. The van der Waals surface area contributed by atoms with Crippen LogP contribution in [0.4, 0.5) is 0 Å². The minimum Gasteiger partial charge on any atom is -0.0581 e. The molecule has 0 spiro atoms. The molecule has 19 heavy (non-hydrogen) atoms. The lowest BCUT2D eigenvalue weighted by molar-refractivity contribution is 0.245. The zero-order valence-corrected chi connectivity index (χ0v) is 12.0. The van der Waals surface area contributed by atoms with Crippen LogP contribution in [-0.2, 0) is 0 Å². The third kappa shape index (κ3) is 3.61. The molecule has 1 aromatic rings. The summed E-state index contributed by atoms with van der Waals surface area (Å²) in [5.41, 5.74) is 1.55. The molecule has 2 aliphatic rings. The van der Waals surface area contributed by atoms with Crippen molar-refractivity contribution in [3.8, 4) is 0 Å². The van der Waals surface area contributed by atoms with Crippen LogP contribution < -0.4 is 0 Å². The molecule has 2 aliphatic carbocycles. The Balaban J connectivity index is 1.55. The zero-order valence-electron chi connectivity index (χ0n) is 12.0. The highest BCUT2D eigenvalue weighted by molar-refractivity contribution is 5.19. The molecule has 0 heteroatoms. The molecule has 0 bridgehead atoms. The van der Waals surface area contributed by atoms with Gasteiger partial charge in [0.2, 0.25) is 0 Å². The van der Waals surface area contributed by atoms with Crippen molar-refractivity contribution in [2.45, 2.75) is 63.7 Å². The van der Waals surface area contributed by atoms with Gasteiger partial charge in [0, 0.05) is 0 Å². The fourth-order valence-electron chi connectivity index (χ4n) is 4.19. The summed E-state index contributed by atoms with van der Waals surface area (Å²) in [6.07, 6.45) is 15.4. The van der Waals surface area contributed by atoms with E-state index < -0.39 is 0 Å². The fraction of sp³-hybridized carbons (Fsp3) is 0.632. The van der Waals surface area contributed by atoms with Crippen LogP contribution in [-0.4, -0.2) is 0 Å². The van der Waals surface area contributed by atoms with Gasteiger partial charge in [-0.05, 0) is 61.5 Å². The van der Waals surface area contributed by atoms with E-state index in [0.29, 0.717) is 0 Å². The first-order valence-corrected chi connectivity index (χ1v) is 8.19. The summed E-state index contributed by atoms with van der Waals surface area (Å²) >= 11 is 0. The van der Waals surface area contributed by atoms with E-state index in [1.807, 2.05) is 0 Å². The first-order valence-electron chi connectivity index (χ1n) is 8.19. The maximum Gasteiger partial charge on any atom is -0.0159 e. The molecule has 3 atom stereocenters. The molecule has 1 aromatic carbocycles. The normalized spacial score (nSPS) is 29.3. The molecule has 0 nitrogen and oxygen atoms in total. The predicted molar refractivity (Wildman–Crippen MR) is 80.9 cm³/mol. The van der Waals surface area contributed by atoms with Gasteiger partial charge < -0.3 is 0 Å². The Bertz CT molecular complexity index is 361. The standard InChI is InChI=1S/C19H26/c1-3-8-16(9-4-1)14-17-10-7-13-19(15-17)18-11-5-2-6-12-18/h3,5-6,11-12,16-17,19H,1,4,7-10,13-15H2. The van der Waals surface area contributed by atoms with Gasteiger partial charge in [-0.25, -0.2) is 0 Å². The minimum atomic E-state index is 0.820. The van der Waals surface area contributed by atoms with Gasteiger partial charge in [-0.3, -0.25) is 0 Å². The highest BCUT2D eigenvalue weighted by Crippen LogP contribution is 2.40. The largest absolute Gasteiger partial charge is 0.0581 e. The summed E-state index contributed by atoms with van der Waals surface area (Å²) in [6.45, 7) is 0. The number of hydrogen-bond acceptors (Lipinski definition) is 0. The molecular formula is C19H26. The first-order chi connectivity index (χ1) is 9.42. The zero-order chi connectivity index (χ0) is 12.9. The Morgan fingerprint density at radius 1 is 1.00 bits per heavy atom. The van der Waals surface area contributed by atoms with E-state index in [-0.39, 0.29) is 0 Å². The molecule has 3 unspecified atom stereocenters. The molecular weight excluding hydrogens is 228 g/mol. The smallest absolute Gasteiger partial charge is 0.0159 e. The maximum atomic E-state index is 3.14. The summed E-state index contributed by atoms with van der Waals surface area (Å²) in [4.78, 5) is 0. The van der Waals surface area contributed by atoms with Crippen LogP contribution >= 0.6 is 0 Å². The topological polar surface area (TPSA) is 0 Å². The van der Waals surface area contributed by atoms with Gasteiger partial charge in [0.05, 0.1) is 0 Å². The Labute approximate surface area is 118 Å². The lowest BCUT2D eigenvalue weighted by atomic mass is 9.73. The van der Waals surface area contributed by atoms with E-state index in [1.54, 1.807) is 5.56 Å². The second kappa shape index (κ2) is 6.59. The van der Waals surface area contributed by atoms with Gasteiger partial charge in [0.1, 0.15) is 0 Å². The Morgan fingerprint density at radius 2 is 1.84 bits per heavy atom. The van der Waals surface area contributed by atoms with Crippen molar-refractivity contribution in [3.05, 3.63) is 42.3 Å². The van der Waals surface area contributed by atoms with Crippen LogP contribution in [0.5, 0.6) is 0 Å². The number of benzene rings is 1. The van der Waals surface area contributed by atoms with Crippen LogP contribution in [0.25, 0.3) is 0 Å². The molecule has 0 amide bonds. The van der Waals surface area contributed by atoms with E-state index in [4.69, 9.17) is 0 Å². The fourth-order valence-corrected chi connectivity index (χ4v) is 4.19.